The summed E-state index contributed by atoms with van der Waals surface area (Å²) in [5, 5.41) is 4.56. The van der Waals surface area contributed by atoms with Crippen LogP contribution in [0, 0.1) is 19.8 Å². The predicted molar refractivity (Wildman–Crippen MR) is 125 cm³/mol. The average Bonchev–Trinajstić information content (AvgIpc) is 3.34. The van der Waals surface area contributed by atoms with Crippen molar-refractivity contribution in [2.45, 2.75) is 39.5 Å². The first kappa shape index (κ1) is 20.5. The van der Waals surface area contributed by atoms with E-state index in [1.165, 1.54) is 5.52 Å². The number of amides is 1. The molecular weight excluding hydrogens is 398 g/mol. The molecule has 1 atom stereocenters. The van der Waals surface area contributed by atoms with E-state index in [9.17, 15) is 4.79 Å². The van der Waals surface area contributed by atoms with Crippen molar-refractivity contribution < 1.29 is 4.79 Å². The van der Waals surface area contributed by atoms with Crippen molar-refractivity contribution in [2.24, 2.45) is 5.92 Å². The van der Waals surface area contributed by atoms with Gasteiger partial charge in [-0.25, -0.2) is 4.68 Å². The second-order valence-electron chi connectivity index (χ2n) is 8.86. The second-order valence-corrected chi connectivity index (χ2v) is 8.86. The second kappa shape index (κ2) is 8.61. The number of likely N-dealkylation sites (tertiary alicyclic amines) is 1. The Morgan fingerprint density at radius 1 is 1.06 bits per heavy atom. The van der Waals surface area contributed by atoms with Crippen molar-refractivity contribution in [1.82, 2.24) is 24.1 Å². The maximum atomic E-state index is 13.3. The van der Waals surface area contributed by atoms with E-state index in [1.54, 1.807) is 0 Å². The summed E-state index contributed by atoms with van der Waals surface area (Å²) in [6.45, 7) is 5.62. The standard InChI is InChI=1S/C26H29N5O/c1-19-16-20(2)31(28-19)23-8-3-7-22(18-23)26(32)30-13-4-6-21(10-14-30)17-24-25-9-5-12-29(25)15-11-27-24/h3,5,7-9,11-12,15-16,18,21H,4,6,10,13-14,17H2,1-2H3/t21-/m0/s1. The van der Waals surface area contributed by atoms with E-state index >= 15 is 0 Å². The number of hydrogen-bond donors (Lipinski definition) is 0. The highest BCUT2D eigenvalue weighted by Gasteiger charge is 2.23. The Labute approximate surface area is 188 Å². The molecule has 5 rings (SSSR count). The van der Waals surface area contributed by atoms with Crippen molar-refractivity contribution in [1.29, 1.82) is 0 Å². The number of rotatable bonds is 4. The van der Waals surface area contributed by atoms with Crippen LogP contribution in [-0.4, -0.2) is 43.1 Å². The fourth-order valence-electron chi connectivity index (χ4n) is 4.88. The van der Waals surface area contributed by atoms with E-state index < -0.39 is 0 Å². The van der Waals surface area contributed by atoms with Crippen LogP contribution in [0.1, 0.15) is 46.7 Å². The van der Waals surface area contributed by atoms with Gasteiger partial charge in [-0.1, -0.05) is 6.07 Å². The Kier molecular flexibility index (Phi) is 5.52. The number of fused-ring (bicyclic) bond motifs is 1. The summed E-state index contributed by atoms with van der Waals surface area (Å²) in [4.78, 5) is 20.0. The van der Waals surface area contributed by atoms with Gasteiger partial charge < -0.3 is 9.30 Å². The van der Waals surface area contributed by atoms with Gasteiger partial charge in [-0.2, -0.15) is 5.10 Å². The highest BCUT2D eigenvalue weighted by molar-refractivity contribution is 5.94. The van der Waals surface area contributed by atoms with Gasteiger partial charge >= 0.3 is 0 Å². The van der Waals surface area contributed by atoms with Gasteiger partial charge in [0.15, 0.2) is 0 Å². The smallest absolute Gasteiger partial charge is 0.253 e. The van der Waals surface area contributed by atoms with Crippen LogP contribution < -0.4 is 0 Å². The molecule has 4 aromatic rings. The number of aryl methyl sites for hydroxylation is 2. The molecule has 4 heterocycles. The topological polar surface area (TPSA) is 55.4 Å². The summed E-state index contributed by atoms with van der Waals surface area (Å²) in [6.07, 6.45) is 10.1. The third-order valence-electron chi connectivity index (χ3n) is 6.50. The van der Waals surface area contributed by atoms with Crippen LogP contribution in [-0.2, 0) is 6.42 Å². The molecule has 0 spiro atoms. The highest BCUT2D eigenvalue weighted by atomic mass is 16.2. The summed E-state index contributed by atoms with van der Waals surface area (Å²) < 4.78 is 4.03. The van der Waals surface area contributed by atoms with Gasteiger partial charge in [0.2, 0.25) is 0 Å². The van der Waals surface area contributed by atoms with E-state index in [1.807, 2.05) is 66.2 Å². The quantitative estimate of drug-likeness (QED) is 0.477. The summed E-state index contributed by atoms with van der Waals surface area (Å²) >= 11 is 0. The first-order valence-corrected chi connectivity index (χ1v) is 11.4. The monoisotopic (exact) mass is 427 g/mol. The van der Waals surface area contributed by atoms with E-state index in [0.29, 0.717) is 5.92 Å². The molecule has 0 unspecified atom stereocenters. The molecule has 6 nitrogen and oxygen atoms in total. The summed E-state index contributed by atoms with van der Waals surface area (Å²) in [5.41, 5.74) is 6.04. The molecule has 3 aromatic heterocycles. The Balaban J connectivity index is 1.28. The summed E-state index contributed by atoms with van der Waals surface area (Å²) in [7, 11) is 0. The molecule has 1 aromatic carbocycles. The minimum Gasteiger partial charge on any atom is -0.339 e. The van der Waals surface area contributed by atoms with Crippen LogP contribution in [0.4, 0.5) is 0 Å². The van der Waals surface area contributed by atoms with Crippen molar-refractivity contribution >= 4 is 11.4 Å². The zero-order chi connectivity index (χ0) is 22.1. The number of aromatic nitrogens is 4. The lowest BCUT2D eigenvalue weighted by molar-refractivity contribution is 0.0760. The maximum Gasteiger partial charge on any atom is 0.253 e. The molecule has 0 bridgehead atoms. The molecule has 32 heavy (non-hydrogen) atoms. The van der Waals surface area contributed by atoms with E-state index in [4.69, 9.17) is 0 Å². The highest BCUT2D eigenvalue weighted by Crippen LogP contribution is 2.24. The minimum absolute atomic E-state index is 0.112. The summed E-state index contributed by atoms with van der Waals surface area (Å²) in [5.74, 6) is 0.656. The first-order chi connectivity index (χ1) is 15.6. The van der Waals surface area contributed by atoms with Crippen molar-refractivity contribution in [3.8, 4) is 5.69 Å². The normalized spacial score (nSPS) is 16.9. The van der Waals surface area contributed by atoms with Gasteiger partial charge in [0.1, 0.15) is 0 Å². The lowest BCUT2D eigenvalue weighted by Crippen LogP contribution is -2.32. The minimum atomic E-state index is 0.112. The van der Waals surface area contributed by atoms with Crippen LogP contribution >= 0.6 is 0 Å². The molecule has 1 fully saturated rings. The molecule has 1 amide bonds. The summed E-state index contributed by atoms with van der Waals surface area (Å²) in [6, 6.07) is 14.1. The number of benzene rings is 1. The SMILES string of the molecule is Cc1cc(C)n(-c2cccc(C(=O)N3CCC[C@H](Cc4nccn5cccc45)CC3)c2)n1. The average molecular weight is 428 g/mol. The number of nitrogens with zero attached hydrogens (tertiary/aromatic N) is 5. The molecular formula is C26H29N5O. The molecule has 1 aliphatic rings. The van der Waals surface area contributed by atoms with Crippen LogP contribution in [0.5, 0.6) is 0 Å². The third kappa shape index (κ3) is 4.05. The lowest BCUT2D eigenvalue weighted by Gasteiger charge is -2.21. The number of carbonyl (C=O) groups is 1. The largest absolute Gasteiger partial charge is 0.339 e. The van der Waals surface area contributed by atoms with E-state index in [2.05, 4.69) is 32.8 Å². The van der Waals surface area contributed by atoms with Crippen molar-refractivity contribution in [3.63, 3.8) is 0 Å². The van der Waals surface area contributed by atoms with E-state index in [0.717, 1.165) is 67.1 Å². The van der Waals surface area contributed by atoms with Crippen LogP contribution in [0.2, 0.25) is 0 Å². The molecule has 1 saturated heterocycles. The maximum absolute atomic E-state index is 13.3. The van der Waals surface area contributed by atoms with Crippen LogP contribution in [0.25, 0.3) is 11.2 Å². The van der Waals surface area contributed by atoms with Gasteiger partial charge in [0, 0.05) is 42.9 Å². The molecule has 0 aliphatic carbocycles. The lowest BCUT2D eigenvalue weighted by atomic mass is 9.95. The van der Waals surface area contributed by atoms with Gasteiger partial charge in [0.05, 0.1) is 22.6 Å². The Hall–Kier alpha value is -3.41. The zero-order valence-electron chi connectivity index (χ0n) is 18.7. The molecule has 0 saturated carbocycles. The fraction of sp³-hybridized carbons (Fsp3) is 0.346. The number of carbonyl (C=O) groups excluding carboxylic acids is 1. The molecule has 0 radical (unpaired) electrons. The third-order valence-corrected chi connectivity index (χ3v) is 6.50. The zero-order valence-corrected chi connectivity index (χ0v) is 18.7. The predicted octanol–water partition coefficient (Wildman–Crippen LogP) is 4.62. The van der Waals surface area contributed by atoms with Crippen molar-refractivity contribution in [3.05, 3.63) is 83.7 Å². The van der Waals surface area contributed by atoms with Gasteiger partial charge in [0.25, 0.3) is 5.91 Å². The van der Waals surface area contributed by atoms with Crippen LogP contribution in [0.3, 0.4) is 0 Å². The van der Waals surface area contributed by atoms with Crippen LogP contribution in [0.15, 0.2) is 61.1 Å². The molecule has 1 aliphatic heterocycles. The van der Waals surface area contributed by atoms with Crippen molar-refractivity contribution in [2.75, 3.05) is 13.1 Å². The Morgan fingerprint density at radius 3 is 2.81 bits per heavy atom. The van der Waals surface area contributed by atoms with Gasteiger partial charge in [-0.05, 0) is 81.8 Å². The first-order valence-electron chi connectivity index (χ1n) is 11.4. The van der Waals surface area contributed by atoms with Gasteiger partial charge in [-0.15, -0.1) is 0 Å². The Bertz CT molecular complexity index is 1250. The Morgan fingerprint density at radius 2 is 1.97 bits per heavy atom. The number of hydrogen-bond acceptors (Lipinski definition) is 3. The van der Waals surface area contributed by atoms with E-state index in [-0.39, 0.29) is 5.91 Å². The van der Waals surface area contributed by atoms with Gasteiger partial charge in [-0.3, -0.25) is 9.78 Å². The fourth-order valence-corrected chi connectivity index (χ4v) is 4.88. The molecule has 0 N–H and O–H groups in total. The molecule has 164 valence electrons. The molecule has 6 heteroatoms.